The zero-order valence-electron chi connectivity index (χ0n) is 8.34. The zero-order valence-corrected chi connectivity index (χ0v) is 8.34. The molecule has 0 fully saturated rings. The molecule has 0 aliphatic rings. The fourth-order valence-corrected chi connectivity index (χ4v) is 1.63. The summed E-state index contributed by atoms with van der Waals surface area (Å²) in [6.07, 6.45) is 2.75. The molecule has 76 valence electrons. The minimum absolute atomic E-state index is 0.888. The summed E-state index contributed by atoms with van der Waals surface area (Å²) in [6, 6.07) is 9.91. The van der Waals surface area contributed by atoms with Crippen LogP contribution in [0.2, 0.25) is 0 Å². The van der Waals surface area contributed by atoms with Gasteiger partial charge >= 0.3 is 5.97 Å². The first-order valence-electron chi connectivity index (χ1n) is 4.64. The number of para-hydroxylation sites is 1. The number of aromatic nitrogens is 1. The highest BCUT2D eigenvalue weighted by molar-refractivity contribution is 5.88. The topological polar surface area (TPSA) is 42.2 Å². The van der Waals surface area contributed by atoms with E-state index in [0.29, 0.717) is 0 Å². The minimum Gasteiger partial charge on any atom is -0.478 e. The van der Waals surface area contributed by atoms with E-state index in [2.05, 4.69) is 0 Å². The highest BCUT2D eigenvalue weighted by atomic mass is 16.4. The van der Waals surface area contributed by atoms with E-state index in [1.807, 2.05) is 41.9 Å². The van der Waals surface area contributed by atoms with Crippen LogP contribution in [0.3, 0.4) is 0 Å². The minimum atomic E-state index is -0.930. The van der Waals surface area contributed by atoms with Gasteiger partial charge in [0, 0.05) is 29.7 Å². The molecular formula is C12H11NO2. The SMILES string of the molecule is Cn1c(C=CC(=O)O)cc2ccccc21. The van der Waals surface area contributed by atoms with Gasteiger partial charge in [0.25, 0.3) is 0 Å². The monoisotopic (exact) mass is 201 g/mol. The van der Waals surface area contributed by atoms with Crippen molar-refractivity contribution in [1.29, 1.82) is 0 Å². The maximum atomic E-state index is 10.4. The highest BCUT2D eigenvalue weighted by Gasteiger charge is 2.01. The van der Waals surface area contributed by atoms with Crippen molar-refractivity contribution < 1.29 is 9.90 Å². The summed E-state index contributed by atoms with van der Waals surface area (Å²) in [5, 5.41) is 9.66. The van der Waals surface area contributed by atoms with E-state index in [0.717, 1.165) is 22.7 Å². The molecule has 1 aromatic carbocycles. The van der Waals surface area contributed by atoms with Crippen molar-refractivity contribution in [2.75, 3.05) is 0 Å². The summed E-state index contributed by atoms with van der Waals surface area (Å²) in [5.41, 5.74) is 1.99. The van der Waals surface area contributed by atoms with Crippen molar-refractivity contribution in [1.82, 2.24) is 4.57 Å². The van der Waals surface area contributed by atoms with E-state index >= 15 is 0 Å². The Morgan fingerprint density at radius 3 is 2.80 bits per heavy atom. The van der Waals surface area contributed by atoms with E-state index in [1.54, 1.807) is 6.08 Å². The highest BCUT2D eigenvalue weighted by Crippen LogP contribution is 2.18. The summed E-state index contributed by atoms with van der Waals surface area (Å²) in [5.74, 6) is -0.930. The number of carbonyl (C=O) groups is 1. The fraction of sp³-hybridized carbons (Fsp3) is 0.0833. The molecule has 15 heavy (non-hydrogen) atoms. The smallest absolute Gasteiger partial charge is 0.328 e. The number of aliphatic carboxylic acids is 1. The third-order valence-corrected chi connectivity index (χ3v) is 2.39. The number of carboxylic acid groups (broad SMARTS) is 1. The molecule has 0 bridgehead atoms. The van der Waals surface area contributed by atoms with Gasteiger partial charge in [0.1, 0.15) is 0 Å². The molecular weight excluding hydrogens is 190 g/mol. The van der Waals surface area contributed by atoms with Crippen LogP contribution in [-0.2, 0) is 11.8 Å². The third kappa shape index (κ3) is 1.76. The number of benzene rings is 1. The van der Waals surface area contributed by atoms with Crippen LogP contribution in [0.15, 0.2) is 36.4 Å². The number of carboxylic acids is 1. The molecule has 2 rings (SSSR count). The van der Waals surface area contributed by atoms with Gasteiger partial charge in [-0.3, -0.25) is 0 Å². The van der Waals surface area contributed by atoms with Crippen LogP contribution >= 0.6 is 0 Å². The van der Waals surface area contributed by atoms with Gasteiger partial charge in [-0.05, 0) is 18.2 Å². The van der Waals surface area contributed by atoms with Crippen molar-refractivity contribution >= 4 is 22.9 Å². The van der Waals surface area contributed by atoms with Crippen LogP contribution in [0.1, 0.15) is 5.69 Å². The van der Waals surface area contributed by atoms with Gasteiger partial charge in [-0.25, -0.2) is 4.79 Å². The largest absolute Gasteiger partial charge is 0.478 e. The molecule has 3 nitrogen and oxygen atoms in total. The van der Waals surface area contributed by atoms with Crippen molar-refractivity contribution in [2.45, 2.75) is 0 Å². The normalized spacial score (nSPS) is 11.3. The number of aryl methyl sites for hydroxylation is 1. The Morgan fingerprint density at radius 2 is 2.13 bits per heavy atom. The average Bonchev–Trinajstić information content (AvgIpc) is 2.54. The molecule has 0 unspecified atom stereocenters. The molecule has 0 aliphatic heterocycles. The maximum Gasteiger partial charge on any atom is 0.328 e. The summed E-state index contributed by atoms with van der Waals surface area (Å²) in [6.45, 7) is 0. The molecule has 0 spiro atoms. The van der Waals surface area contributed by atoms with Gasteiger partial charge in [-0.15, -0.1) is 0 Å². The van der Waals surface area contributed by atoms with Gasteiger partial charge in [-0.2, -0.15) is 0 Å². The molecule has 2 aromatic rings. The summed E-state index contributed by atoms with van der Waals surface area (Å²) >= 11 is 0. The summed E-state index contributed by atoms with van der Waals surface area (Å²) in [7, 11) is 1.92. The van der Waals surface area contributed by atoms with Gasteiger partial charge in [0.05, 0.1) is 0 Å². The number of fused-ring (bicyclic) bond motifs is 1. The standard InChI is InChI=1S/C12H11NO2/c1-13-10(6-7-12(14)15)8-9-4-2-3-5-11(9)13/h2-8H,1H3,(H,14,15). The van der Waals surface area contributed by atoms with E-state index in [9.17, 15) is 4.79 Å². The second-order valence-corrected chi connectivity index (χ2v) is 3.36. The summed E-state index contributed by atoms with van der Waals surface area (Å²) < 4.78 is 1.97. The molecule has 0 amide bonds. The lowest BCUT2D eigenvalue weighted by atomic mass is 10.2. The molecule has 0 atom stereocenters. The first kappa shape index (κ1) is 9.52. The second-order valence-electron chi connectivity index (χ2n) is 3.36. The van der Waals surface area contributed by atoms with Gasteiger partial charge in [0.15, 0.2) is 0 Å². The molecule has 3 heteroatoms. The van der Waals surface area contributed by atoms with Crippen LogP contribution in [0, 0.1) is 0 Å². The van der Waals surface area contributed by atoms with Crippen molar-refractivity contribution in [2.24, 2.45) is 7.05 Å². The fourth-order valence-electron chi connectivity index (χ4n) is 1.63. The average molecular weight is 201 g/mol. The summed E-state index contributed by atoms with van der Waals surface area (Å²) in [4.78, 5) is 10.4. The Balaban J connectivity index is 2.53. The van der Waals surface area contributed by atoms with Gasteiger partial charge in [-0.1, -0.05) is 18.2 Å². The van der Waals surface area contributed by atoms with Crippen molar-refractivity contribution in [3.8, 4) is 0 Å². The predicted molar refractivity (Wildman–Crippen MR) is 59.6 cm³/mol. The van der Waals surface area contributed by atoms with Gasteiger partial charge in [0.2, 0.25) is 0 Å². The van der Waals surface area contributed by atoms with Crippen LogP contribution in [0.4, 0.5) is 0 Å². The predicted octanol–water partition coefficient (Wildman–Crippen LogP) is 2.28. The van der Waals surface area contributed by atoms with E-state index < -0.39 is 5.97 Å². The quantitative estimate of drug-likeness (QED) is 0.757. The molecule has 1 N–H and O–H groups in total. The van der Waals surface area contributed by atoms with Crippen molar-refractivity contribution in [3.05, 3.63) is 42.1 Å². The van der Waals surface area contributed by atoms with Crippen LogP contribution in [0.25, 0.3) is 17.0 Å². The van der Waals surface area contributed by atoms with Gasteiger partial charge < -0.3 is 9.67 Å². The lowest BCUT2D eigenvalue weighted by Crippen LogP contribution is -1.91. The third-order valence-electron chi connectivity index (χ3n) is 2.39. The van der Waals surface area contributed by atoms with Crippen molar-refractivity contribution in [3.63, 3.8) is 0 Å². The number of nitrogens with zero attached hydrogens (tertiary/aromatic N) is 1. The zero-order chi connectivity index (χ0) is 10.8. The first-order chi connectivity index (χ1) is 7.18. The molecule has 1 aromatic heterocycles. The molecule has 0 saturated carbocycles. The Morgan fingerprint density at radius 1 is 1.40 bits per heavy atom. The Bertz CT molecular complexity index is 538. The molecule has 1 heterocycles. The molecule has 0 aliphatic carbocycles. The lowest BCUT2D eigenvalue weighted by molar-refractivity contribution is -0.131. The molecule has 0 saturated heterocycles. The van der Waals surface area contributed by atoms with E-state index in [-0.39, 0.29) is 0 Å². The number of hydrogen-bond donors (Lipinski definition) is 1. The maximum absolute atomic E-state index is 10.4. The lowest BCUT2D eigenvalue weighted by Gasteiger charge is -1.97. The number of hydrogen-bond acceptors (Lipinski definition) is 1. The Hall–Kier alpha value is -2.03. The van der Waals surface area contributed by atoms with Crippen LogP contribution in [0.5, 0.6) is 0 Å². The van der Waals surface area contributed by atoms with Crippen LogP contribution in [-0.4, -0.2) is 15.6 Å². The van der Waals surface area contributed by atoms with E-state index in [4.69, 9.17) is 5.11 Å². The Labute approximate surface area is 87.3 Å². The second kappa shape index (κ2) is 3.61. The number of rotatable bonds is 2. The van der Waals surface area contributed by atoms with E-state index in [1.165, 1.54) is 0 Å². The van der Waals surface area contributed by atoms with Crippen LogP contribution < -0.4 is 0 Å². The Kier molecular flexibility index (Phi) is 2.29. The molecule has 0 radical (unpaired) electrons. The first-order valence-corrected chi connectivity index (χ1v) is 4.64.